The van der Waals surface area contributed by atoms with Crippen LogP contribution in [0.4, 0.5) is 0 Å². The number of amides is 1. The zero-order valence-corrected chi connectivity index (χ0v) is 29.3. The molecule has 0 aromatic heterocycles. The average Bonchev–Trinajstić information content (AvgIpc) is 3.41. The van der Waals surface area contributed by atoms with Crippen LogP contribution in [0.15, 0.2) is 23.8 Å². The molecule has 5 fully saturated rings. The second kappa shape index (κ2) is 14.5. The number of rotatable bonds is 10. The van der Waals surface area contributed by atoms with E-state index in [2.05, 4.69) is 22.8 Å². The summed E-state index contributed by atoms with van der Waals surface area (Å²) in [6, 6.07) is 0. The molecule has 4 aliphatic heterocycles. The molecular formula is C37H58N4O7. The number of nitrogens with zero attached hydrogens (tertiary/aromatic N) is 1. The van der Waals surface area contributed by atoms with Crippen molar-refractivity contribution in [3.63, 3.8) is 0 Å². The summed E-state index contributed by atoms with van der Waals surface area (Å²) in [6.45, 7) is 8.85. The quantitative estimate of drug-likeness (QED) is 0.155. The van der Waals surface area contributed by atoms with Gasteiger partial charge in [0, 0.05) is 69.5 Å². The molecule has 11 nitrogen and oxygen atoms in total. The van der Waals surface area contributed by atoms with Gasteiger partial charge in [0.2, 0.25) is 5.91 Å². The number of piperidine rings is 1. The van der Waals surface area contributed by atoms with Crippen molar-refractivity contribution in [1.29, 1.82) is 0 Å². The molecule has 6 aliphatic rings. The lowest BCUT2D eigenvalue weighted by Crippen LogP contribution is -2.64. The summed E-state index contributed by atoms with van der Waals surface area (Å²) in [5.74, 6) is 0.420. The second-order valence-corrected chi connectivity index (χ2v) is 15.9. The van der Waals surface area contributed by atoms with Crippen molar-refractivity contribution < 1.29 is 33.7 Å². The fourth-order valence-electron chi connectivity index (χ4n) is 9.97. The molecule has 268 valence electrons. The third kappa shape index (κ3) is 6.74. The number of fused-ring (bicyclic) bond motifs is 2. The van der Waals surface area contributed by atoms with Crippen molar-refractivity contribution in [1.82, 2.24) is 15.5 Å². The molecule has 6 rings (SSSR count). The number of aliphatic hydroxyl groups excluding tert-OH is 1. The van der Waals surface area contributed by atoms with Crippen molar-refractivity contribution >= 4 is 17.8 Å². The summed E-state index contributed by atoms with van der Waals surface area (Å²) in [5, 5.41) is 16.0. The standard InChI is InChI=1S/C37H58N4O7/c1-5-22(2)34(44)48-36(3)10-6-9-29(28-15-32(38)40-19-27(28)14-33(43)41-20-23(21-41)18-39-4)37(36)17-26-13-25-12-24(8-7-11-42)35(45)46-30(25)16-31(26)47-37/h5-6,9,23-32,39-40,42H,7-8,10-21,38H2,1-4H3. The SMILES string of the molecule is CC=C(C)C(=O)OC1(C)CC=CC(C2CC(N)NCC2CC(=O)N2CC(CNC)C2)C12CC1CC3CC(CCCO)C(=O)OC3CC1O2. The monoisotopic (exact) mass is 670 g/mol. The number of aliphatic hydroxyl groups is 1. The van der Waals surface area contributed by atoms with E-state index in [9.17, 15) is 19.5 Å². The summed E-state index contributed by atoms with van der Waals surface area (Å²) in [5.41, 5.74) is 5.37. The third-order valence-electron chi connectivity index (χ3n) is 12.8. The van der Waals surface area contributed by atoms with E-state index in [1.54, 1.807) is 13.0 Å². The highest BCUT2D eigenvalue weighted by molar-refractivity contribution is 5.88. The number of nitrogens with one attached hydrogen (secondary N) is 2. The van der Waals surface area contributed by atoms with Gasteiger partial charge in [0.15, 0.2) is 0 Å². The van der Waals surface area contributed by atoms with E-state index in [0.29, 0.717) is 56.6 Å². The summed E-state index contributed by atoms with van der Waals surface area (Å²) < 4.78 is 19.9. The molecule has 1 amide bonds. The van der Waals surface area contributed by atoms with Crippen LogP contribution < -0.4 is 16.4 Å². The van der Waals surface area contributed by atoms with Crippen LogP contribution in [0.1, 0.15) is 78.6 Å². The highest BCUT2D eigenvalue weighted by atomic mass is 16.6. The van der Waals surface area contributed by atoms with Crippen LogP contribution in [0, 0.1) is 41.4 Å². The number of hydrogen-bond acceptors (Lipinski definition) is 10. The van der Waals surface area contributed by atoms with Crippen LogP contribution >= 0.6 is 0 Å². The van der Waals surface area contributed by atoms with Crippen LogP contribution in [0.25, 0.3) is 0 Å². The van der Waals surface area contributed by atoms with E-state index in [-0.39, 0.29) is 78.3 Å². The number of hydrogen-bond donors (Lipinski definition) is 4. The zero-order valence-electron chi connectivity index (χ0n) is 29.3. The first-order valence-electron chi connectivity index (χ1n) is 18.4. The maximum Gasteiger partial charge on any atom is 0.334 e. The van der Waals surface area contributed by atoms with Crippen LogP contribution in [0.5, 0.6) is 0 Å². The Morgan fingerprint density at radius 1 is 1.21 bits per heavy atom. The molecule has 0 aromatic rings. The Morgan fingerprint density at radius 3 is 2.73 bits per heavy atom. The predicted molar refractivity (Wildman–Crippen MR) is 180 cm³/mol. The molecule has 0 radical (unpaired) electrons. The summed E-state index contributed by atoms with van der Waals surface area (Å²) in [6.07, 6.45) is 11.5. The van der Waals surface area contributed by atoms with Crippen LogP contribution in [0.3, 0.4) is 0 Å². The van der Waals surface area contributed by atoms with Crippen LogP contribution in [-0.4, -0.2) is 97.3 Å². The number of likely N-dealkylation sites (tertiary alicyclic amines) is 1. The Bertz CT molecular complexity index is 1270. The highest BCUT2D eigenvalue weighted by Gasteiger charge is 2.66. The van der Waals surface area contributed by atoms with Gasteiger partial charge >= 0.3 is 11.9 Å². The fourth-order valence-corrected chi connectivity index (χ4v) is 9.97. The molecule has 1 saturated carbocycles. The first-order chi connectivity index (χ1) is 23.0. The van der Waals surface area contributed by atoms with Gasteiger partial charge in [-0.25, -0.2) is 4.79 Å². The van der Waals surface area contributed by atoms with Gasteiger partial charge in [0.25, 0.3) is 0 Å². The van der Waals surface area contributed by atoms with Gasteiger partial charge in [0.05, 0.1) is 18.2 Å². The molecule has 11 unspecified atom stereocenters. The molecule has 11 heteroatoms. The van der Waals surface area contributed by atoms with Crippen LogP contribution in [0.2, 0.25) is 0 Å². The Morgan fingerprint density at radius 2 is 2.00 bits per heavy atom. The Labute approximate surface area is 285 Å². The molecule has 2 aliphatic carbocycles. The number of nitrogens with two attached hydrogens (primary N) is 1. The van der Waals surface area contributed by atoms with Crippen molar-refractivity contribution in [3.8, 4) is 0 Å². The molecule has 0 bridgehead atoms. The van der Waals surface area contributed by atoms with Gasteiger partial charge in [-0.05, 0) is 90.0 Å². The molecule has 48 heavy (non-hydrogen) atoms. The van der Waals surface area contributed by atoms with Crippen molar-refractivity contribution in [2.45, 2.75) is 108 Å². The maximum atomic E-state index is 13.6. The van der Waals surface area contributed by atoms with Crippen molar-refractivity contribution in [3.05, 3.63) is 23.8 Å². The number of carbonyl (C=O) groups excluding carboxylic acids is 3. The maximum absolute atomic E-state index is 13.6. The smallest absolute Gasteiger partial charge is 0.334 e. The minimum atomic E-state index is -0.946. The lowest BCUT2D eigenvalue weighted by atomic mass is 9.58. The minimum absolute atomic E-state index is 0.0418. The normalized spacial score (nSPS) is 41.4. The molecular weight excluding hydrogens is 612 g/mol. The Balaban J connectivity index is 1.29. The van der Waals surface area contributed by atoms with Gasteiger partial charge in [-0.15, -0.1) is 0 Å². The Kier molecular flexibility index (Phi) is 10.7. The van der Waals surface area contributed by atoms with Crippen molar-refractivity contribution in [2.75, 3.05) is 39.8 Å². The zero-order chi connectivity index (χ0) is 34.2. The lowest BCUT2D eigenvalue weighted by Gasteiger charge is -2.55. The number of esters is 2. The largest absolute Gasteiger partial charge is 0.462 e. The third-order valence-corrected chi connectivity index (χ3v) is 12.8. The highest BCUT2D eigenvalue weighted by Crippen LogP contribution is 2.60. The van der Waals surface area contributed by atoms with E-state index < -0.39 is 11.2 Å². The van der Waals surface area contributed by atoms with Crippen molar-refractivity contribution in [2.24, 2.45) is 47.2 Å². The van der Waals surface area contributed by atoms with E-state index in [1.807, 2.05) is 25.8 Å². The first-order valence-corrected chi connectivity index (χ1v) is 18.4. The van der Waals surface area contributed by atoms with Gasteiger partial charge in [0.1, 0.15) is 17.3 Å². The first kappa shape index (κ1) is 35.5. The predicted octanol–water partition coefficient (Wildman–Crippen LogP) is 2.67. The Hall–Kier alpha value is -2.31. The summed E-state index contributed by atoms with van der Waals surface area (Å²) >= 11 is 0. The van der Waals surface area contributed by atoms with Gasteiger partial charge < -0.3 is 40.6 Å². The van der Waals surface area contributed by atoms with E-state index in [4.69, 9.17) is 19.9 Å². The molecule has 5 N–H and O–H groups in total. The van der Waals surface area contributed by atoms with E-state index >= 15 is 0 Å². The van der Waals surface area contributed by atoms with Gasteiger partial charge in [-0.2, -0.15) is 0 Å². The number of carbonyl (C=O) groups is 3. The fraction of sp³-hybridized carbons (Fsp3) is 0.811. The van der Waals surface area contributed by atoms with Gasteiger partial charge in [-0.3, -0.25) is 9.59 Å². The summed E-state index contributed by atoms with van der Waals surface area (Å²) in [7, 11) is 1.95. The molecule has 0 aromatic carbocycles. The second-order valence-electron chi connectivity index (χ2n) is 15.9. The van der Waals surface area contributed by atoms with Gasteiger partial charge in [-0.1, -0.05) is 18.2 Å². The number of ether oxygens (including phenoxy) is 3. The molecule has 11 atom stereocenters. The molecule has 1 spiro atoms. The minimum Gasteiger partial charge on any atom is -0.462 e. The topological polar surface area (TPSA) is 152 Å². The van der Waals surface area contributed by atoms with E-state index in [1.165, 1.54) is 0 Å². The lowest BCUT2D eigenvalue weighted by molar-refractivity contribution is -0.228. The average molecular weight is 671 g/mol. The molecule has 4 heterocycles. The molecule has 4 saturated heterocycles. The number of allylic oxidation sites excluding steroid dienone is 1. The van der Waals surface area contributed by atoms with Crippen LogP contribution in [-0.2, 0) is 28.6 Å². The summed E-state index contributed by atoms with van der Waals surface area (Å²) in [4.78, 5) is 42.0. The van der Waals surface area contributed by atoms with E-state index in [0.717, 1.165) is 38.9 Å².